The van der Waals surface area contributed by atoms with Crippen molar-refractivity contribution in [3.05, 3.63) is 69.9 Å². The number of nitrogens with zero attached hydrogens (tertiary/aromatic N) is 4. The second-order valence-corrected chi connectivity index (χ2v) is 6.37. The molecule has 3 aromatic rings. The number of carbonyl (C=O) groups is 1. The fourth-order valence-electron chi connectivity index (χ4n) is 3.60. The van der Waals surface area contributed by atoms with Gasteiger partial charge in [0.05, 0.1) is 2.74 Å². The number of rotatable bonds is 3. The van der Waals surface area contributed by atoms with Crippen LogP contribution >= 0.6 is 0 Å². The molecule has 0 spiro atoms. The van der Waals surface area contributed by atoms with Crippen LogP contribution in [0.15, 0.2) is 42.5 Å². The summed E-state index contributed by atoms with van der Waals surface area (Å²) in [5.74, 6) is -0.376. The number of hydrogen-bond donors (Lipinski definition) is 0. The fraction of sp³-hybridized carbons (Fsp3) is 0.143. The minimum absolute atomic E-state index is 0.311. The van der Waals surface area contributed by atoms with Crippen molar-refractivity contribution in [2.24, 2.45) is 0 Å². The van der Waals surface area contributed by atoms with E-state index in [9.17, 15) is 4.79 Å². The number of ketones is 1. The normalized spacial score (nSPS) is 16.1. The first kappa shape index (κ1) is 12.9. The first-order valence-corrected chi connectivity index (χ1v) is 8.42. The summed E-state index contributed by atoms with van der Waals surface area (Å²) in [7, 11) is 0. The van der Waals surface area contributed by atoms with Gasteiger partial charge in [0, 0.05) is 5.57 Å². The van der Waals surface area contributed by atoms with Gasteiger partial charge < -0.3 is 0 Å². The van der Waals surface area contributed by atoms with Crippen LogP contribution in [-0.2, 0) is 17.7 Å². The highest BCUT2D eigenvalue weighted by molar-refractivity contribution is 6.21. The molecule has 2 aromatic carbocycles. The van der Waals surface area contributed by atoms with Crippen LogP contribution in [-0.4, -0.2) is 26.0 Å². The summed E-state index contributed by atoms with van der Waals surface area (Å²) in [6, 6.07) is 8.08. The zero-order valence-corrected chi connectivity index (χ0v) is 14.1. The summed E-state index contributed by atoms with van der Waals surface area (Å²) >= 11 is 0. The number of aromatic nitrogens is 4. The largest absolute Gasteiger partial charge is 0.292 e. The van der Waals surface area contributed by atoms with Gasteiger partial charge in [-0.1, -0.05) is 54.6 Å². The predicted octanol–water partition coefficient (Wildman–Crippen LogP) is 1.47. The molecule has 2 aliphatic rings. The minimum Gasteiger partial charge on any atom is -0.292 e. The topological polar surface area (TPSA) is 60.7 Å². The summed E-state index contributed by atoms with van der Waals surface area (Å²) in [4.78, 5) is 13.7. The minimum atomic E-state index is -2.41. The Morgan fingerprint density at radius 1 is 1.23 bits per heavy atom. The summed E-state index contributed by atoms with van der Waals surface area (Å²) in [6.07, 6.45) is 10.7. The zero-order valence-electron chi connectivity index (χ0n) is 16.1. The monoisotopic (exact) mass is 342 g/mol. The highest BCUT2D eigenvalue weighted by atomic mass is 16.1. The van der Waals surface area contributed by atoms with Crippen LogP contribution in [0.3, 0.4) is 0 Å². The van der Waals surface area contributed by atoms with E-state index in [1.165, 1.54) is 10.8 Å². The molecule has 0 radical (unpaired) electrons. The lowest BCUT2D eigenvalue weighted by Crippen LogP contribution is -2.19. The van der Waals surface area contributed by atoms with Gasteiger partial charge in [-0.15, -0.1) is 10.2 Å². The fourth-order valence-corrected chi connectivity index (χ4v) is 3.60. The Morgan fingerprint density at radius 2 is 2.12 bits per heavy atom. The van der Waals surface area contributed by atoms with Crippen molar-refractivity contribution in [1.29, 1.82) is 0 Å². The van der Waals surface area contributed by atoms with Gasteiger partial charge in [0.25, 0.3) is 0 Å². The number of Topliss-reactive ketones (excluding diaryl/α,β-unsaturated/α-hetero) is 1. The summed E-state index contributed by atoms with van der Waals surface area (Å²) in [5, 5.41) is 15.4. The number of hydrogen-bond acceptors (Lipinski definition) is 4. The molecule has 0 fully saturated rings. The average Bonchev–Trinajstić information content (AvgIpc) is 3.33. The lowest BCUT2D eigenvalue weighted by atomic mass is 9.94. The van der Waals surface area contributed by atoms with E-state index < -0.39 is 12.3 Å². The van der Waals surface area contributed by atoms with Gasteiger partial charge in [0.2, 0.25) is 0 Å². The van der Waals surface area contributed by atoms with Crippen LogP contribution in [0.25, 0.3) is 28.5 Å². The molecular formula is C21H16N4O. The van der Waals surface area contributed by atoms with Crippen molar-refractivity contribution in [2.75, 3.05) is 0 Å². The third kappa shape index (κ3) is 2.24. The molecule has 0 atom stereocenters. The molecule has 5 heteroatoms. The number of carbonyl (C=O) groups excluding carboxylic acids is 1. The van der Waals surface area contributed by atoms with E-state index in [1.54, 1.807) is 13.0 Å². The lowest BCUT2D eigenvalue weighted by Gasteiger charge is -2.10. The molecule has 5 nitrogen and oxygen atoms in total. The van der Waals surface area contributed by atoms with Crippen molar-refractivity contribution < 1.29 is 7.54 Å². The number of allylic oxidation sites excluding steroid dienone is 3. The second-order valence-electron chi connectivity index (χ2n) is 6.37. The maximum atomic E-state index is 13.0. The Kier molecular flexibility index (Phi) is 2.78. The van der Waals surface area contributed by atoms with Gasteiger partial charge in [-0.05, 0) is 50.9 Å². The molecule has 0 aliphatic heterocycles. The lowest BCUT2D eigenvalue weighted by molar-refractivity contribution is -0.114. The van der Waals surface area contributed by atoms with Crippen molar-refractivity contribution in [3.63, 3.8) is 0 Å². The molecule has 0 amide bonds. The first-order valence-electron chi connectivity index (χ1n) is 9.42. The smallest absolute Gasteiger partial charge is 0.186 e. The van der Waals surface area contributed by atoms with Crippen LogP contribution in [0, 0.1) is 6.92 Å². The molecule has 0 saturated heterocycles. The Morgan fingerprint density at radius 3 is 2.96 bits per heavy atom. The van der Waals surface area contributed by atoms with E-state index >= 15 is 0 Å². The Hall–Kier alpha value is -3.34. The molecule has 0 saturated carbocycles. The van der Waals surface area contributed by atoms with E-state index in [0.717, 1.165) is 32.8 Å². The molecule has 0 unspecified atom stereocenters. The van der Waals surface area contributed by atoms with E-state index in [1.807, 2.05) is 18.2 Å². The standard InChI is InChI=1S/C21H16N4O/c1-13-22-24-25(23-13)12-21(26)20-11-10-18-17-7-6-14-4-2-3-5-15(14)16(17)8-9-19(18)20/h2-4,6-11H,5,12H2,1H3/i12D2. The molecule has 26 heavy (non-hydrogen) atoms. The maximum absolute atomic E-state index is 13.0. The number of benzene rings is 2. The van der Waals surface area contributed by atoms with Gasteiger partial charge in [-0.3, -0.25) is 4.79 Å². The predicted molar refractivity (Wildman–Crippen MR) is 101 cm³/mol. The van der Waals surface area contributed by atoms with Crippen LogP contribution in [0.5, 0.6) is 0 Å². The van der Waals surface area contributed by atoms with Crippen LogP contribution in [0.4, 0.5) is 0 Å². The molecule has 1 aromatic heterocycles. The number of tetrazole rings is 1. The second kappa shape index (κ2) is 5.59. The Balaban J connectivity index is 1.70. The molecule has 0 bridgehead atoms. The molecule has 5 rings (SSSR count). The highest BCUT2D eigenvalue weighted by Gasteiger charge is 2.17. The molecular weight excluding hydrogens is 324 g/mol. The Labute approximate surface area is 152 Å². The van der Waals surface area contributed by atoms with Crippen molar-refractivity contribution in [2.45, 2.75) is 19.8 Å². The third-order valence-electron chi connectivity index (χ3n) is 4.79. The zero-order chi connectivity index (χ0) is 19.5. The van der Waals surface area contributed by atoms with Gasteiger partial charge in [0.15, 0.2) is 11.6 Å². The van der Waals surface area contributed by atoms with Gasteiger partial charge >= 0.3 is 0 Å². The Bertz CT molecular complexity index is 1350. The van der Waals surface area contributed by atoms with Crippen molar-refractivity contribution >= 4 is 34.3 Å². The first-order chi connectivity index (χ1) is 13.5. The van der Waals surface area contributed by atoms with E-state index in [4.69, 9.17) is 2.74 Å². The quantitative estimate of drug-likeness (QED) is 0.723. The van der Waals surface area contributed by atoms with Crippen LogP contribution < -0.4 is 10.4 Å². The third-order valence-corrected chi connectivity index (χ3v) is 4.79. The van der Waals surface area contributed by atoms with E-state index in [0.29, 0.717) is 11.4 Å². The highest BCUT2D eigenvalue weighted by Crippen LogP contribution is 2.24. The molecule has 2 aliphatic carbocycles. The van der Waals surface area contributed by atoms with E-state index in [-0.39, 0.29) is 0 Å². The maximum Gasteiger partial charge on any atom is 0.186 e. The number of fused-ring (bicyclic) bond motifs is 5. The summed E-state index contributed by atoms with van der Waals surface area (Å²) in [6.45, 7) is -0.811. The molecule has 1 heterocycles. The summed E-state index contributed by atoms with van der Waals surface area (Å²) in [5.41, 5.74) is 2.53. The average molecular weight is 342 g/mol. The molecule has 0 N–H and O–H groups in total. The molecule has 126 valence electrons. The van der Waals surface area contributed by atoms with Crippen molar-refractivity contribution in [1.82, 2.24) is 20.2 Å². The van der Waals surface area contributed by atoms with Crippen LogP contribution in [0.1, 0.15) is 19.7 Å². The van der Waals surface area contributed by atoms with Crippen LogP contribution in [0.2, 0.25) is 0 Å². The van der Waals surface area contributed by atoms with Gasteiger partial charge in [-0.2, -0.15) is 4.80 Å². The van der Waals surface area contributed by atoms with Gasteiger partial charge in [0.1, 0.15) is 6.50 Å². The summed E-state index contributed by atoms with van der Waals surface area (Å²) < 4.78 is 16.5. The van der Waals surface area contributed by atoms with Gasteiger partial charge in [-0.25, -0.2) is 0 Å². The SMILES string of the molecule is [2H]C([2H])(C(=O)C1=c2ccc3c4c(ccc3c2C=C1)=CC=CC4)n1nnc(C)n1. The number of aryl methyl sites for hydroxylation is 1. The van der Waals surface area contributed by atoms with Crippen molar-refractivity contribution in [3.8, 4) is 0 Å². The van der Waals surface area contributed by atoms with E-state index in [2.05, 4.69) is 45.8 Å².